The number of nitrogens with zero attached hydrogens (tertiary/aromatic N) is 1. The quantitative estimate of drug-likeness (QED) is 0.692. The molecule has 18 heavy (non-hydrogen) atoms. The molecule has 0 atom stereocenters. The summed E-state index contributed by atoms with van der Waals surface area (Å²) in [5.41, 5.74) is 0. The Morgan fingerprint density at radius 2 is 1.89 bits per heavy atom. The molecular formula is C15H26N2S. The minimum absolute atomic E-state index is 0.586. The van der Waals surface area contributed by atoms with Crippen molar-refractivity contribution >= 4 is 11.8 Å². The highest BCUT2D eigenvalue weighted by Crippen LogP contribution is 2.16. The standard InChI is InChI=1S/C15H26N2S/c1-4-17(11-10-16-14(2)3)12-13-18-15-8-6-5-7-9-15/h5-9,14,16H,4,10-13H2,1-3H3. The van der Waals surface area contributed by atoms with Crippen molar-refractivity contribution in [2.45, 2.75) is 31.7 Å². The molecule has 1 aromatic rings. The van der Waals surface area contributed by atoms with Gasteiger partial charge in [-0.3, -0.25) is 0 Å². The molecule has 0 unspecified atom stereocenters. The van der Waals surface area contributed by atoms with Gasteiger partial charge in [0.2, 0.25) is 0 Å². The van der Waals surface area contributed by atoms with Crippen LogP contribution in [0.15, 0.2) is 35.2 Å². The first-order chi connectivity index (χ1) is 8.72. The van der Waals surface area contributed by atoms with Crippen molar-refractivity contribution in [1.82, 2.24) is 10.2 Å². The first kappa shape index (κ1) is 15.5. The summed E-state index contributed by atoms with van der Waals surface area (Å²) in [7, 11) is 0. The molecule has 102 valence electrons. The molecule has 0 spiro atoms. The van der Waals surface area contributed by atoms with E-state index in [0.717, 1.165) is 26.2 Å². The zero-order chi connectivity index (χ0) is 13.2. The minimum Gasteiger partial charge on any atom is -0.313 e. The molecule has 0 heterocycles. The minimum atomic E-state index is 0.586. The van der Waals surface area contributed by atoms with Crippen LogP contribution < -0.4 is 5.32 Å². The lowest BCUT2D eigenvalue weighted by Crippen LogP contribution is -2.35. The van der Waals surface area contributed by atoms with Crippen molar-refractivity contribution in [3.63, 3.8) is 0 Å². The average Bonchev–Trinajstić information content (AvgIpc) is 2.38. The van der Waals surface area contributed by atoms with Gasteiger partial charge in [-0.2, -0.15) is 0 Å². The molecular weight excluding hydrogens is 240 g/mol. The zero-order valence-electron chi connectivity index (χ0n) is 11.9. The third-order valence-corrected chi connectivity index (χ3v) is 3.84. The SMILES string of the molecule is CCN(CCNC(C)C)CCSc1ccccc1. The van der Waals surface area contributed by atoms with E-state index < -0.39 is 0 Å². The van der Waals surface area contributed by atoms with Crippen LogP contribution >= 0.6 is 11.8 Å². The molecule has 0 aliphatic heterocycles. The normalized spacial score (nSPS) is 11.4. The largest absolute Gasteiger partial charge is 0.313 e. The van der Waals surface area contributed by atoms with Gasteiger partial charge in [0.05, 0.1) is 0 Å². The van der Waals surface area contributed by atoms with E-state index in [2.05, 4.69) is 61.3 Å². The molecule has 0 bridgehead atoms. The second-order valence-corrected chi connectivity index (χ2v) is 5.87. The molecule has 2 nitrogen and oxygen atoms in total. The van der Waals surface area contributed by atoms with E-state index in [-0.39, 0.29) is 0 Å². The second-order valence-electron chi connectivity index (χ2n) is 4.70. The number of benzene rings is 1. The van der Waals surface area contributed by atoms with Gasteiger partial charge in [0.25, 0.3) is 0 Å². The third kappa shape index (κ3) is 7.04. The molecule has 1 rings (SSSR count). The molecule has 0 aromatic heterocycles. The van der Waals surface area contributed by atoms with Crippen molar-refractivity contribution < 1.29 is 0 Å². The lowest BCUT2D eigenvalue weighted by Gasteiger charge is -2.21. The van der Waals surface area contributed by atoms with Gasteiger partial charge in [0.15, 0.2) is 0 Å². The molecule has 0 saturated carbocycles. The number of likely N-dealkylation sites (N-methyl/N-ethyl adjacent to an activating group) is 1. The Labute approximate surface area is 116 Å². The Bertz CT molecular complexity index is 301. The van der Waals surface area contributed by atoms with Crippen molar-refractivity contribution in [1.29, 1.82) is 0 Å². The predicted molar refractivity (Wildman–Crippen MR) is 82.4 cm³/mol. The number of hydrogen-bond donors (Lipinski definition) is 1. The van der Waals surface area contributed by atoms with Crippen molar-refractivity contribution in [3.8, 4) is 0 Å². The van der Waals surface area contributed by atoms with Crippen LogP contribution in [0.25, 0.3) is 0 Å². The molecule has 0 saturated heterocycles. The van der Waals surface area contributed by atoms with Crippen LogP contribution in [0.5, 0.6) is 0 Å². The molecule has 0 fully saturated rings. The summed E-state index contributed by atoms with van der Waals surface area (Å²) < 4.78 is 0. The second kappa shape index (κ2) is 9.42. The van der Waals surface area contributed by atoms with E-state index in [1.165, 1.54) is 10.6 Å². The van der Waals surface area contributed by atoms with Gasteiger partial charge in [-0.25, -0.2) is 0 Å². The lowest BCUT2D eigenvalue weighted by atomic mass is 10.4. The number of thioether (sulfide) groups is 1. The molecule has 0 amide bonds. The summed E-state index contributed by atoms with van der Waals surface area (Å²) in [5.74, 6) is 1.17. The molecule has 1 aromatic carbocycles. The Morgan fingerprint density at radius 3 is 2.50 bits per heavy atom. The van der Waals surface area contributed by atoms with Crippen LogP contribution in [-0.4, -0.2) is 42.9 Å². The molecule has 0 aliphatic rings. The van der Waals surface area contributed by atoms with Crippen LogP contribution in [0.3, 0.4) is 0 Å². The lowest BCUT2D eigenvalue weighted by molar-refractivity contribution is 0.301. The Kier molecular flexibility index (Phi) is 8.14. The number of rotatable bonds is 9. The summed E-state index contributed by atoms with van der Waals surface area (Å²) in [6, 6.07) is 11.2. The zero-order valence-corrected chi connectivity index (χ0v) is 12.7. The first-order valence-electron chi connectivity index (χ1n) is 6.86. The third-order valence-electron chi connectivity index (χ3n) is 2.85. The summed E-state index contributed by atoms with van der Waals surface area (Å²) in [6.07, 6.45) is 0. The Hall–Kier alpha value is -0.510. The van der Waals surface area contributed by atoms with Crippen LogP contribution in [0.2, 0.25) is 0 Å². The fraction of sp³-hybridized carbons (Fsp3) is 0.600. The maximum Gasteiger partial charge on any atom is 0.0108 e. The fourth-order valence-corrected chi connectivity index (χ4v) is 2.68. The maximum atomic E-state index is 3.47. The first-order valence-corrected chi connectivity index (χ1v) is 7.84. The van der Waals surface area contributed by atoms with E-state index >= 15 is 0 Å². The summed E-state index contributed by atoms with van der Waals surface area (Å²) >= 11 is 1.94. The van der Waals surface area contributed by atoms with E-state index in [0.29, 0.717) is 6.04 Å². The highest BCUT2D eigenvalue weighted by molar-refractivity contribution is 7.99. The Balaban J connectivity index is 2.15. The highest BCUT2D eigenvalue weighted by atomic mass is 32.2. The van der Waals surface area contributed by atoms with Gasteiger partial charge in [0.1, 0.15) is 0 Å². The molecule has 1 N–H and O–H groups in total. The average molecular weight is 266 g/mol. The van der Waals surface area contributed by atoms with Crippen LogP contribution in [0.1, 0.15) is 20.8 Å². The smallest absolute Gasteiger partial charge is 0.0108 e. The van der Waals surface area contributed by atoms with Crippen LogP contribution in [0, 0.1) is 0 Å². The molecule has 0 aliphatic carbocycles. The maximum absolute atomic E-state index is 3.47. The van der Waals surface area contributed by atoms with Crippen LogP contribution in [-0.2, 0) is 0 Å². The van der Waals surface area contributed by atoms with E-state index in [1.807, 2.05) is 11.8 Å². The summed E-state index contributed by atoms with van der Waals surface area (Å²) in [5, 5.41) is 3.47. The Morgan fingerprint density at radius 1 is 1.17 bits per heavy atom. The van der Waals surface area contributed by atoms with Gasteiger partial charge in [-0.1, -0.05) is 39.0 Å². The van der Waals surface area contributed by atoms with Gasteiger partial charge in [-0.15, -0.1) is 11.8 Å². The van der Waals surface area contributed by atoms with Gasteiger partial charge >= 0.3 is 0 Å². The monoisotopic (exact) mass is 266 g/mol. The highest BCUT2D eigenvalue weighted by Gasteiger charge is 2.02. The topological polar surface area (TPSA) is 15.3 Å². The van der Waals surface area contributed by atoms with E-state index in [9.17, 15) is 0 Å². The summed E-state index contributed by atoms with van der Waals surface area (Å²) in [6.45, 7) is 11.2. The van der Waals surface area contributed by atoms with E-state index in [4.69, 9.17) is 0 Å². The van der Waals surface area contributed by atoms with Crippen molar-refractivity contribution in [2.24, 2.45) is 0 Å². The molecule has 3 heteroatoms. The number of hydrogen-bond acceptors (Lipinski definition) is 3. The van der Waals surface area contributed by atoms with Crippen molar-refractivity contribution in [3.05, 3.63) is 30.3 Å². The van der Waals surface area contributed by atoms with Gasteiger partial charge in [0, 0.05) is 36.3 Å². The van der Waals surface area contributed by atoms with Crippen molar-refractivity contribution in [2.75, 3.05) is 31.9 Å². The van der Waals surface area contributed by atoms with Gasteiger partial charge < -0.3 is 10.2 Å². The van der Waals surface area contributed by atoms with E-state index in [1.54, 1.807) is 0 Å². The predicted octanol–water partition coefficient (Wildman–Crippen LogP) is 3.10. The summed E-state index contributed by atoms with van der Waals surface area (Å²) in [4.78, 5) is 3.87. The fourth-order valence-electron chi connectivity index (χ4n) is 1.75. The van der Waals surface area contributed by atoms with Crippen LogP contribution in [0.4, 0.5) is 0 Å². The molecule has 0 radical (unpaired) electrons. The number of nitrogens with one attached hydrogen (secondary N) is 1. The van der Waals surface area contributed by atoms with Gasteiger partial charge in [-0.05, 0) is 18.7 Å².